The van der Waals surface area contributed by atoms with Crippen molar-refractivity contribution < 1.29 is 0 Å². The highest BCUT2D eigenvalue weighted by Gasteiger charge is 2.22. The summed E-state index contributed by atoms with van der Waals surface area (Å²) in [5.41, 5.74) is 2.72. The molecule has 0 N–H and O–H groups in total. The Morgan fingerprint density at radius 1 is 1.57 bits per heavy atom. The quantitative estimate of drug-likeness (QED) is 0.493. The monoisotopic (exact) mass is 316 g/mol. The number of aryl methyl sites for hydroxylation is 1. The Hall–Kier alpha value is -1.51. The summed E-state index contributed by atoms with van der Waals surface area (Å²) in [6.45, 7) is 6.64. The van der Waals surface area contributed by atoms with Gasteiger partial charge in [-0.25, -0.2) is 4.98 Å². The van der Waals surface area contributed by atoms with Gasteiger partial charge in [-0.15, -0.1) is 17.8 Å². The van der Waals surface area contributed by atoms with E-state index in [0.717, 1.165) is 40.4 Å². The van der Waals surface area contributed by atoms with E-state index in [2.05, 4.69) is 22.1 Å². The Morgan fingerprint density at radius 3 is 3.10 bits per heavy atom. The van der Waals surface area contributed by atoms with Crippen molar-refractivity contribution >= 4 is 33.4 Å². The third kappa shape index (κ3) is 2.54. The molecule has 0 atom stereocenters. The van der Waals surface area contributed by atoms with Gasteiger partial charge in [0.05, 0.1) is 5.75 Å². The van der Waals surface area contributed by atoms with Crippen LogP contribution in [0.15, 0.2) is 22.1 Å². The van der Waals surface area contributed by atoms with Crippen LogP contribution in [0.4, 0.5) is 0 Å². The van der Waals surface area contributed by atoms with Gasteiger partial charge in [-0.3, -0.25) is 4.79 Å². The Bertz CT molecular complexity index is 823. The van der Waals surface area contributed by atoms with Gasteiger partial charge in [0.15, 0.2) is 5.16 Å². The number of fused-ring (bicyclic) bond motifs is 2. The molecule has 0 saturated heterocycles. The van der Waals surface area contributed by atoms with E-state index in [9.17, 15) is 4.79 Å². The van der Waals surface area contributed by atoms with E-state index in [0.29, 0.717) is 17.8 Å². The van der Waals surface area contributed by atoms with Crippen molar-refractivity contribution in [1.29, 1.82) is 0 Å². The topological polar surface area (TPSA) is 34.9 Å². The summed E-state index contributed by atoms with van der Waals surface area (Å²) in [5.74, 6) is 3.17. The van der Waals surface area contributed by atoms with Crippen LogP contribution in [0.25, 0.3) is 10.3 Å². The molecule has 108 valence electrons. The molecule has 3 nitrogen and oxygen atoms in total. The highest BCUT2D eigenvalue weighted by atomic mass is 32.2. The molecular formula is C16H16N2OS2. The second-order valence-corrected chi connectivity index (χ2v) is 7.30. The average molecular weight is 316 g/mol. The molecule has 0 aromatic carbocycles. The van der Waals surface area contributed by atoms with Crippen LogP contribution >= 0.6 is 23.1 Å². The maximum atomic E-state index is 12.6. The van der Waals surface area contributed by atoms with Gasteiger partial charge in [0, 0.05) is 17.0 Å². The van der Waals surface area contributed by atoms with Crippen LogP contribution in [0, 0.1) is 12.3 Å². The molecule has 3 rings (SSSR count). The van der Waals surface area contributed by atoms with Crippen molar-refractivity contribution in [1.82, 2.24) is 9.55 Å². The van der Waals surface area contributed by atoms with Crippen LogP contribution in [-0.2, 0) is 19.4 Å². The van der Waals surface area contributed by atoms with Crippen molar-refractivity contribution in [3.05, 3.63) is 32.8 Å². The molecule has 0 unspecified atom stereocenters. The number of hydrogen-bond donors (Lipinski definition) is 0. The summed E-state index contributed by atoms with van der Waals surface area (Å²) >= 11 is 3.21. The van der Waals surface area contributed by atoms with Gasteiger partial charge in [0.2, 0.25) is 5.43 Å². The maximum absolute atomic E-state index is 12.6. The Labute approximate surface area is 132 Å². The van der Waals surface area contributed by atoms with Gasteiger partial charge >= 0.3 is 0 Å². The van der Waals surface area contributed by atoms with Crippen LogP contribution in [0.1, 0.15) is 23.8 Å². The first-order chi connectivity index (χ1) is 10.1. The second kappa shape index (κ2) is 5.70. The Kier molecular flexibility index (Phi) is 3.92. The number of allylic oxidation sites excluding steroid dienone is 1. The molecule has 2 heterocycles. The predicted octanol–water partition coefficient (Wildman–Crippen LogP) is 3.25. The zero-order valence-corrected chi connectivity index (χ0v) is 13.6. The fourth-order valence-electron chi connectivity index (χ4n) is 2.62. The van der Waals surface area contributed by atoms with E-state index in [-0.39, 0.29) is 5.43 Å². The summed E-state index contributed by atoms with van der Waals surface area (Å²) in [7, 11) is 0. The Morgan fingerprint density at radius 2 is 2.38 bits per heavy atom. The van der Waals surface area contributed by atoms with Gasteiger partial charge < -0.3 is 4.57 Å². The second-order valence-electron chi connectivity index (χ2n) is 5.27. The first-order valence-corrected chi connectivity index (χ1v) is 8.67. The molecule has 2 aromatic rings. The molecule has 0 fully saturated rings. The summed E-state index contributed by atoms with van der Waals surface area (Å²) < 4.78 is 2.09. The van der Waals surface area contributed by atoms with Crippen LogP contribution in [-0.4, -0.2) is 15.3 Å². The summed E-state index contributed by atoms with van der Waals surface area (Å²) in [6, 6.07) is 0. The fraction of sp³-hybridized carbons (Fsp3) is 0.375. The van der Waals surface area contributed by atoms with Crippen molar-refractivity contribution in [2.24, 2.45) is 0 Å². The minimum absolute atomic E-state index is 0.110. The van der Waals surface area contributed by atoms with E-state index in [4.69, 9.17) is 6.42 Å². The molecule has 1 aliphatic carbocycles. The van der Waals surface area contributed by atoms with E-state index < -0.39 is 0 Å². The number of aromatic nitrogens is 2. The van der Waals surface area contributed by atoms with Crippen molar-refractivity contribution in [3.8, 4) is 12.3 Å². The summed E-state index contributed by atoms with van der Waals surface area (Å²) in [4.78, 5) is 19.4. The molecule has 0 saturated carbocycles. The van der Waals surface area contributed by atoms with Crippen molar-refractivity contribution in [2.45, 2.75) is 37.9 Å². The number of rotatable bonds is 4. The maximum Gasteiger partial charge on any atom is 0.211 e. The van der Waals surface area contributed by atoms with Gasteiger partial charge in [-0.2, -0.15) is 0 Å². The lowest BCUT2D eigenvalue weighted by molar-refractivity contribution is 0.726. The van der Waals surface area contributed by atoms with Gasteiger partial charge in [-0.05, 0) is 26.2 Å². The molecule has 0 aliphatic heterocycles. The lowest BCUT2D eigenvalue weighted by Crippen LogP contribution is -2.08. The molecule has 0 radical (unpaired) electrons. The molecule has 1 aliphatic rings. The average Bonchev–Trinajstić information content (AvgIpc) is 3.03. The number of imidazole rings is 1. The molecular weight excluding hydrogens is 300 g/mol. The molecule has 0 spiro atoms. The van der Waals surface area contributed by atoms with Crippen LogP contribution in [0.3, 0.4) is 0 Å². The molecule has 0 bridgehead atoms. The van der Waals surface area contributed by atoms with Crippen LogP contribution in [0.5, 0.6) is 0 Å². The van der Waals surface area contributed by atoms with Crippen molar-refractivity contribution in [3.63, 3.8) is 0 Å². The fourth-order valence-corrected chi connectivity index (χ4v) is 4.66. The van der Waals surface area contributed by atoms with E-state index in [1.165, 1.54) is 16.6 Å². The number of terminal acetylenes is 1. The Balaban J connectivity index is 2.23. The SMILES string of the molecule is C#CCSc1nc2c(=O)c3c(sc2n1CC(=C)C)CCC3. The normalized spacial score (nSPS) is 13.3. The molecule has 0 amide bonds. The molecule has 21 heavy (non-hydrogen) atoms. The predicted molar refractivity (Wildman–Crippen MR) is 90.3 cm³/mol. The van der Waals surface area contributed by atoms with E-state index >= 15 is 0 Å². The van der Waals surface area contributed by atoms with E-state index in [1.807, 2.05) is 6.92 Å². The largest absolute Gasteiger partial charge is 0.306 e. The zero-order valence-electron chi connectivity index (χ0n) is 11.9. The number of hydrogen-bond acceptors (Lipinski definition) is 4. The summed E-state index contributed by atoms with van der Waals surface area (Å²) in [6.07, 6.45) is 8.32. The van der Waals surface area contributed by atoms with Gasteiger partial charge in [0.1, 0.15) is 10.3 Å². The molecule has 2 aromatic heterocycles. The minimum atomic E-state index is 0.110. The first-order valence-electron chi connectivity index (χ1n) is 6.87. The van der Waals surface area contributed by atoms with E-state index in [1.54, 1.807) is 11.3 Å². The van der Waals surface area contributed by atoms with Gasteiger partial charge in [-0.1, -0.05) is 29.8 Å². The number of thioether (sulfide) groups is 1. The summed E-state index contributed by atoms with van der Waals surface area (Å²) in [5, 5.41) is 0.822. The minimum Gasteiger partial charge on any atom is -0.306 e. The smallest absolute Gasteiger partial charge is 0.211 e. The molecule has 5 heteroatoms. The first kappa shape index (κ1) is 14.4. The lowest BCUT2D eigenvalue weighted by Gasteiger charge is -2.07. The van der Waals surface area contributed by atoms with Crippen molar-refractivity contribution in [2.75, 3.05) is 5.75 Å². The highest BCUT2D eigenvalue weighted by Crippen LogP contribution is 2.32. The third-order valence-corrected chi connectivity index (χ3v) is 5.66. The van der Waals surface area contributed by atoms with Crippen LogP contribution < -0.4 is 5.43 Å². The van der Waals surface area contributed by atoms with Crippen LogP contribution in [0.2, 0.25) is 0 Å². The lowest BCUT2D eigenvalue weighted by atomic mass is 10.2. The van der Waals surface area contributed by atoms with Gasteiger partial charge in [0.25, 0.3) is 0 Å². The zero-order chi connectivity index (χ0) is 15.0. The third-order valence-electron chi connectivity index (χ3n) is 3.47. The standard InChI is InChI=1S/C16H16N2OS2/c1-4-8-20-16-17-13-14(19)11-6-5-7-12(11)21-15(13)18(16)9-10(2)3/h1H,2,5-9H2,3H3. The number of nitrogens with zero attached hydrogens (tertiary/aromatic N) is 2. The highest BCUT2D eigenvalue weighted by molar-refractivity contribution is 7.99.